The molecule has 0 aliphatic heterocycles. The first-order valence-electron chi connectivity index (χ1n) is 6.43. The maximum Gasteiger partial charge on any atom is 0.0701 e. The molecule has 0 unspecified atom stereocenters. The Hall–Kier alpha value is -1.51. The second kappa shape index (κ2) is 5.86. The maximum absolute atomic E-state index is 6.38. The van der Waals surface area contributed by atoms with Crippen LogP contribution in [0.4, 0.5) is 0 Å². The molecular formula is C16H13Cl2N2. The summed E-state index contributed by atoms with van der Waals surface area (Å²) in [6, 6.07) is 14.2. The standard InChI is InChI=1S/C16H13Cl2N2/c17-8-4-7-15-13-9-12(11-5-2-1-3-6-11)14(18)10-16(13)20-19-15/h1-3,5-6,8-10H,4,7H2,(H,19,20). The average molecular weight is 304 g/mol. The highest BCUT2D eigenvalue weighted by Crippen LogP contribution is 2.32. The number of aromatic nitrogens is 2. The minimum absolute atomic E-state index is 0.725. The fourth-order valence-corrected chi connectivity index (χ4v) is 2.70. The van der Waals surface area contributed by atoms with Crippen LogP contribution in [0.15, 0.2) is 42.5 Å². The third-order valence-corrected chi connectivity index (χ3v) is 3.84. The Morgan fingerprint density at radius 3 is 2.70 bits per heavy atom. The number of halogens is 2. The van der Waals surface area contributed by atoms with Gasteiger partial charge in [0.25, 0.3) is 0 Å². The summed E-state index contributed by atoms with van der Waals surface area (Å²) in [6.45, 7) is 0. The molecule has 2 nitrogen and oxygen atoms in total. The number of hydrogen-bond donors (Lipinski definition) is 1. The Kier molecular flexibility index (Phi) is 3.95. The van der Waals surface area contributed by atoms with Gasteiger partial charge >= 0.3 is 0 Å². The van der Waals surface area contributed by atoms with E-state index in [9.17, 15) is 0 Å². The first-order valence-corrected chi connectivity index (χ1v) is 7.25. The Morgan fingerprint density at radius 2 is 1.95 bits per heavy atom. The van der Waals surface area contributed by atoms with Gasteiger partial charge in [0.15, 0.2) is 0 Å². The number of nitrogens with one attached hydrogen (secondary N) is 1. The number of aryl methyl sites for hydroxylation is 1. The lowest BCUT2D eigenvalue weighted by Crippen LogP contribution is -1.86. The van der Waals surface area contributed by atoms with Crippen LogP contribution < -0.4 is 0 Å². The first kappa shape index (κ1) is 13.5. The minimum atomic E-state index is 0.725. The highest BCUT2D eigenvalue weighted by Gasteiger charge is 2.11. The van der Waals surface area contributed by atoms with Crippen LogP contribution in [-0.4, -0.2) is 10.2 Å². The molecule has 3 rings (SSSR count). The van der Waals surface area contributed by atoms with Gasteiger partial charge in [0.2, 0.25) is 0 Å². The van der Waals surface area contributed by atoms with Gasteiger partial charge in [-0.3, -0.25) is 5.10 Å². The van der Waals surface area contributed by atoms with Crippen LogP contribution in [0.1, 0.15) is 12.1 Å². The second-order valence-corrected chi connectivity index (χ2v) is 5.32. The summed E-state index contributed by atoms with van der Waals surface area (Å²) in [5.41, 5.74) is 4.11. The Labute approximate surface area is 127 Å². The summed E-state index contributed by atoms with van der Waals surface area (Å²) in [5.74, 6) is 1.63. The van der Waals surface area contributed by atoms with Crippen LogP contribution in [0.5, 0.6) is 0 Å². The molecule has 0 fully saturated rings. The van der Waals surface area contributed by atoms with E-state index in [0.29, 0.717) is 0 Å². The van der Waals surface area contributed by atoms with Crippen molar-refractivity contribution in [1.82, 2.24) is 10.2 Å². The van der Waals surface area contributed by atoms with E-state index < -0.39 is 0 Å². The lowest BCUT2D eigenvalue weighted by Gasteiger charge is -2.05. The minimum Gasteiger partial charge on any atom is -0.277 e. The van der Waals surface area contributed by atoms with Crippen LogP contribution in [0.2, 0.25) is 5.02 Å². The second-order valence-electron chi connectivity index (χ2n) is 4.61. The van der Waals surface area contributed by atoms with Gasteiger partial charge in [-0.2, -0.15) is 5.10 Å². The zero-order valence-corrected chi connectivity index (χ0v) is 12.2. The maximum atomic E-state index is 6.38. The molecular weight excluding hydrogens is 291 g/mol. The number of H-pyrrole nitrogens is 1. The lowest BCUT2D eigenvalue weighted by atomic mass is 10.0. The van der Waals surface area contributed by atoms with Crippen LogP contribution in [0, 0.1) is 5.88 Å². The van der Waals surface area contributed by atoms with E-state index in [0.717, 1.165) is 45.6 Å². The number of hydrogen-bond acceptors (Lipinski definition) is 1. The van der Waals surface area contributed by atoms with Gasteiger partial charge < -0.3 is 0 Å². The molecule has 101 valence electrons. The van der Waals surface area contributed by atoms with Crippen molar-refractivity contribution >= 4 is 34.1 Å². The van der Waals surface area contributed by atoms with Crippen molar-refractivity contribution in [2.45, 2.75) is 12.8 Å². The summed E-state index contributed by atoms with van der Waals surface area (Å²) in [7, 11) is 0. The van der Waals surface area contributed by atoms with Crippen molar-refractivity contribution < 1.29 is 0 Å². The predicted molar refractivity (Wildman–Crippen MR) is 85.0 cm³/mol. The van der Waals surface area contributed by atoms with E-state index in [1.165, 1.54) is 0 Å². The highest BCUT2D eigenvalue weighted by atomic mass is 35.5. The highest BCUT2D eigenvalue weighted by molar-refractivity contribution is 6.34. The SMILES string of the molecule is Cl[CH]CCc1n[nH]c2cc(Cl)c(-c3ccccc3)cc12. The zero-order chi connectivity index (χ0) is 13.9. The van der Waals surface area contributed by atoms with E-state index >= 15 is 0 Å². The molecule has 0 aliphatic rings. The predicted octanol–water partition coefficient (Wildman–Crippen LogP) is 5.22. The van der Waals surface area contributed by atoms with Crippen molar-refractivity contribution in [3.63, 3.8) is 0 Å². The molecule has 20 heavy (non-hydrogen) atoms. The molecule has 1 N–H and O–H groups in total. The summed E-state index contributed by atoms with van der Waals surface area (Å²) in [4.78, 5) is 0. The summed E-state index contributed by atoms with van der Waals surface area (Å²) in [6.07, 6.45) is 1.62. The van der Waals surface area contributed by atoms with E-state index in [4.69, 9.17) is 23.2 Å². The number of fused-ring (bicyclic) bond motifs is 1. The van der Waals surface area contributed by atoms with Crippen molar-refractivity contribution in [2.24, 2.45) is 0 Å². The molecule has 0 saturated carbocycles. The number of rotatable bonds is 4. The molecule has 0 saturated heterocycles. The molecule has 1 radical (unpaired) electrons. The molecule has 4 heteroatoms. The van der Waals surface area contributed by atoms with Crippen LogP contribution in [0.25, 0.3) is 22.0 Å². The van der Waals surface area contributed by atoms with E-state index in [2.05, 4.69) is 28.4 Å². The Morgan fingerprint density at radius 1 is 1.15 bits per heavy atom. The lowest BCUT2D eigenvalue weighted by molar-refractivity contribution is 0.914. The number of benzene rings is 2. The van der Waals surface area contributed by atoms with Gasteiger partial charge in [0.1, 0.15) is 0 Å². The van der Waals surface area contributed by atoms with Crippen LogP contribution >= 0.6 is 23.2 Å². The summed E-state index contributed by atoms with van der Waals surface area (Å²) >= 11 is 12.0. The summed E-state index contributed by atoms with van der Waals surface area (Å²) < 4.78 is 0. The molecule has 3 aromatic rings. The normalized spacial score (nSPS) is 11.1. The van der Waals surface area contributed by atoms with Crippen LogP contribution in [0.3, 0.4) is 0 Å². The third kappa shape index (κ3) is 2.54. The quantitative estimate of drug-likeness (QED) is 0.703. The number of aromatic amines is 1. The van der Waals surface area contributed by atoms with Crippen molar-refractivity contribution in [3.05, 3.63) is 59.1 Å². The Balaban J connectivity index is 2.11. The van der Waals surface area contributed by atoms with Crippen molar-refractivity contribution in [2.75, 3.05) is 0 Å². The fourth-order valence-electron chi connectivity index (χ4n) is 2.31. The van der Waals surface area contributed by atoms with Gasteiger partial charge in [-0.05, 0) is 30.5 Å². The van der Waals surface area contributed by atoms with Crippen LogP contribution in [-0.2, 0) is 6.42 Å². The zero-order valence-electron chi connectivity index (χ0n) is 10.7. The summed E-state index contributed by atoms with van der Waals surface area (Å²) in [5, 5.41) is 9.20. The van der Waals surface area contributed by atoms with Crippen molar-refractivity contribution in [1.29, 1.82) is 0 Å². The smallest absolute Gasteiger partial charge is 0.0701 e. The third-order valence-electron chi connectivity index (χ3n) is 3.30. The fraction of sp³-hybridized carbons (Fsp3) is 0.125. The van der Waals surface area contributed by atoms with E-state index in [1.54, 1.807) is 5.88 Å². The molecule has 0 bridgehead atoms. The molecule has 1 aromatic heterocycles. The first-order chi connectivity index (χ1) is 9.79. The molecule has 1 heterocycles. The monoisotopic (exact) mass is 303 g/mol. The largest absolute Gasteiger partial charge is 0.277 e. The molecule has 0 aliphatic carbocycles. The topological polar surface area (TPSA) is 28.7 Å². The Bertz CT molecular complexity index is 720. The molecule has 0 amide bonds. The van der Waals surface area contributed by atoms with E-state index in [1.807, 2.05) is 24.3 Å². The van der Waals surface area contributed by atoms with Gasteiger partial charge in [-0.1, -0.05) is 41.9 Å². The molecule has 0 atom stereocenters. The molecule has 0 spiro atoms. The number of nitrogens with zero attached hydrogens (tertiary/aromatic N) is 1. The van der Waals surface area contributed by atoms with E-state index in [-0.39, 0.29) is 0 Å². The molecule has 2 aromatic carbocycles. The van der Waals surface area contributed by atoms with Gasteiger partial charge in [0, 0.05) is 10.9 Å². The van der Waals surface area contributed by atoms with Gasteiger partial charge in [-0.25, -0.2) is 0 Å². The van der Waals surface area contributed by atoms with Gasteiger partial charge in [-0.15, -0.1) is 11.6 Å². The van der Waals surface area contributed by atoms with Gasteiger partial charge in [0.05, 0.1) is 22.1 Å². The van der Waals surface area contributed by atoms with Crippen molar-refractivity contribution in [3.8, 4) is 11.1 Å². The average Bonchev–Trinajstić information content (AvgIpc) is 2.87.